The van der Waals surface area contributed by atoms with E-state index < -0.39 is 47.0 Å². The molecule has 0 spiro atoms. The Balaban J connectivity index is 1.69. The molecular weight excluding hydrogens is 463 g/mol. The van der Waals surface area contributed by atoms with Crippen LogP contribution in [0.5, 0.6) is 5.75 Å². The summed E-state index contributed by atoms with van der Waals surface area (Å²) in [5, 5.41) is 3.19. The Morgan fingerprint density at radius 3 is 2.28 bits per heavy atom. The highest BCUT2D eigenvalue weighted by molar-refractivity contribution is 6.24. The van der Waals surface area contributed by atoms with E-state index in [9.17, 15) is 14.4 Å². The van der Waals surface area contributed by atoms with Gasteiger partial charge in [0, 0.05) is 11.6 Å². The van der Waals surface area contributed by atoms with Crippen LogP contribution in [0.25, 0.3) is 0 Å². The van der Waals surface area contributed by atoms with Crippen LogP contribution in [0.3, 0.4) is 0 Å². The Labute approximate surface area is 207 Å². The quantitative estimate of drug-likeness (QED) is 0.420. The number of methoxy groups -OCH3 is 1. The first kappa shape index (κ1) is 23.7. The molecule has 36 heavy (non-hydrogen) atoms. The number of hydrogen-bond donors (Lipinski definition) is 1. The van der Waals surface area contributed by atoms with Gasteiger partial charge in [-0.25, -0.2) is 14.1 Å². The molecular formula is C28H25FN2O5. The van der Waals surface area contributed by atoms with E-state index in [4.69, 9.17) is 9.47 Å². The lowest BCUT2D eigenvalue weighted by atomic mass is 9.75. The summed E-state index contributed by atoms with van der Waals surface area (Å²) in [6.45, 7) is 2.33. The summed E-state index contributed by atoms with van der Waals surface area (Å²) in [5.41, 5.74) is -0.688. The number of anilines is 1. The number of rotatable bonds is 6. The van der Waals surface area contributed by atoms with Crippen LogP contribution >= 0.6 is 0 Å². The zero-order valence-electron chi connectivity index (χ0n) is 19.8. The highest BCUT2D eigenvalue weighted by Gasteiger charge is 2.70. The molecule has 3 aromatic carbocycles. The number of nitrogens with one attached hydrogen (secondary N) is 1. The van der Waals surface area contributed by atoms with Crippen LogP contribution in [-0.2, 0) is 24.7 Å². The Morgan fingerprint density at radius 1 is 0.972 bits per heavy atom. The predicted octanol–water partition coefficient (Wildman–Crippen LogP) is 3.74. The van der Waals surface area contributed by atoms with Crippen LogP contribution in [0.4, 0.5) is 10.1 Å². The van der Waals surface area contributed by atoms with Gasteiger partial charge in [0.1, 0.15) is 11.6 Å². The molecule has 2 heterocycles. The van der Waals surface area contributed by atoms with Crippen molar-refractivity contribution in [3.8, 4) is 5.75 Å². The minimum Gasteiger partial charge on any atom is -0.494 e. The van der Waals surface area contributed by atoms with Gasteiger partial charge >= 0.3 is 5.97 Å². The predicted molar refractivity (Wildman–Crippen MR) is 129 cm³/mol. The van der Waals surface area contributed by atoms with Gasteiger partial charge in [0.05, 0.1) is 31.2 Å². The second-order valence-corrected chi connectivity index (χ2v) is 8.75. The minimum atomic E-state index is -1.69. The third-order valence-corrected chi connectivity index (χ3v) is 6.94. The number of hydrogen-bond acceptors (Lipinski definition) is 6. The summed E-state index contributed by atoms with van der Waals surface area (Å²) in [6.07, 6.45) is 0. The molecule has 1 N–H and O–H groups in total. The fraction of sp³-hybridized carbons (Fsp3) is 0.250. The minimum absolute atomic E-state index is 0.198. The van der Waals surface area contributed by atoms with Gasteiger partial charge in [0.2, 0.25) is 11.8 Å². The van der Waals surface area contributed by atoms with Crippen molar-refractivity contribution >= 4 is 23.5 Å². The molecule has 0 radical (unpaired) electrons. The molecule has 0 bridgehead atoms. The molecule has 5 rings (SSSR count). The van der Waals surface area contributed by atoms with E-state index in [1.807, 2.05) is 6.92 Å². The highest BCUT2D eigenvalue weighted by atomic mass is 19.1. The smallest absolute Gasteiger partial charge is 0.331 e. The van der Waals surface area contributed by atoms with Crippen LogP contribution < -0.4 is 15.0 Å². The third kappa shape index (κ3) is 3.48. The van der Waals surface area contributed by atoms with Gasteiger partial charge in [-0.15, -0.1) is 0 Å². The lowest BCUT2D eigenvalue weighted by Gasteiger charge is -2.33. The van der Waals surface area contributed by atoms with E-state index in [1.54, 1.807) is 72.8 Å². The number of halogens is 1. The molecule has 2 fully saturated rings. The number of amides is 2. The van der Waals surface area contributed by atoms with Crippen molar-refractivity contribution in [3.63, 3.8) is 0 Å². The van der Waals surface area contributed by atoms with Crippen molar-refractivity contribution in [1.29, 1.82) is 0 Å². The summed E-state index contributed by atoms with van der Waals surface area (Å²) >= 11 is 0. The number of ether oxygens (including phenoxy) is 2. The Morgan fingerprint density at radius 2 is 1.64 bits per heavy atom. The summed E-state index contributed by atoms with van der Waals surface area (Å²) in [6, 6.07) is 20.3. The van der Waals surface area contributed by atoms with E-state index in [1.165, 1.54) is 13.2 Å². The Hall–Kier alpha value is -4.04. The van der Waals surface area contributed by atoms with Crippen LogP contribution in [0.15, 0.2) is 78.9 Å². The molecule has 184 valence electrons. The van der Waals surface area contributed by atoms with Gasteiger partial charge in [-0.05, 0) is 42.8 Å². The van der Waals surface area contributed by atoms with Gasteiger partial charge in [0.15, 0.2) is 5.54 Å². The molecule has 8 heteroatoms. The lowest BCUT2D eigenvalue weighted by Crippen LogP contribution is -2.53. The number of esters is 1. The highest BCUT2D eigenvalue weighted by Crippen LogP contribution is 2.54. The van der Waals surface area contributed by atoms with E-state index >= 15 is 4.39 Å². The lowest BCUT2D eigenvalue weighted by molar-refractivity contribution is -0.152. The van der Waals surface area contributed by atoms with Crippen molar-refractivity contribution in [2.75, 3.05) is 18.6 Å². The number of fused-ring (bicyclic) bond motifs is 1. The number of nitrogens with zero attached hydrogens (tertiary/aromatic N) is 1. The zero-order valence-corrected chi connectivity index (χ0v) is 19.8. The maximum Gasteiger partial charge on any atom is 0.331 e. The molecule has 0 aliphatic carbocycles. The molecule has 3 aromatic rings. The summed E-state index contributed by atoms with van der Waals surface area (Å²) in [5.74, 6) is -3.94. The number of benzene rings is 3. The van der Waals surface area contributed by atoms with E-state index in [-0.39, 0.29) is 5.56 Å². The van der Waals surface area contributed by atoms with E-state index in [0.29, 0.717) is 23.6 Å². The first-order chi connectivity index (χ1) is 17.4. The van der Waals surface area contributed by atoms with Crippen molar-refractivity contribution in [3.05, 3.63) is 95.8 Å². The largest absolute Gasteiger partial charge is 0.494 e. The van der Waals surface area contributed by atoms with Crippen LogP contribution in [-0.4, -0.2) is 31.5 Å². The fourth-order valence-electron chi connectivity index (χ4n) is 5.45. The van der Waals surface area contributed by atoms with Gasteiger partial charge in [-0.1, -0.05) is 48.5 Å². The Bertz CT molecular complexity index is 1310. The molecule has 2 aliphatic heterocycles. The van der Waals surface area contributed by atoms with Gasteiger partial charge in [-0.2, -0.15) is 0 Å². The molecule has 2 amide bonds. The van der Waals surface area contributed by atoms with Crippen molar-refractivity contribution in [2.24, 2.45) is 11.8 Å². The third-order valence-electron chi connectivity index (χ3n) is 6.94. The second-order valence-electron chi connectivity index (χ2n) is 8.75. The first-order valence-corrected chi connectivity index (χ1v) is 11.7. The normalized spacial score (nSPS) is 25.1. The molecule has 0 aromatic heterocycles. The van der Waals surface area contributed by atoms with Gasteiger partial charge in [-0.3, -0.25) is 14.9 Å². The van der Waals surface area contributed by atoms with Crippen molar-refractivity contribution in [1.82, 2.24) is 5.32 Å². The Kier molecular flexibility index (Phi) is 6.05. The molecule has 0 unspecified atom stereocenters. The number of carbonyl (C=O) groups excluding carboxylic acids is 3. The molecule has 7 nitrogen and oxygen atoms in total. The average Bonchev–Trinajstić information content (AvgIpc) is 3.39. The van der Waals surface area contributed by atoms with Crippen LogP contribution in [0.2, 0.25) is 0 Å². The number of imide groups is 1. The molecule has 2 saturated heterocycles. The van der Waals surface area contributed by atoms with Crippen molar-refractivity contribution in [2.45, 2.75) is 18.5 Å². The SMILES string of the molecule is CCOc1ccc(N2C(=O)[C@H]3[C@@H](C2=O)[C@@](C(=O)OC)(c2ccccc2)N[C@H]3c2ccccc2F)cc1. The first-order valence-electron chi connectivity index (χ1n) is 11.7. The second kappa shape index (κ2) is 9.20. The van der Waals surface area contributed by atoms with Crippen molar-refractivity contribution < 1.29 is 28.2 Å². The van der Waals surface area contributed by atoms with Crippen LogP contribution in [0, 0.1) is 17.7 Å². The van der Waals surface area contributed by atoms with Gasteiger partial charge in [0.25, 0.3) is 0 Å². The maximum absolute atomic E-state index is 15.0. The average molecular weight is 489 g/mol. The van der Waals surface area contributed by atoms with Gasteiger partial charge < -0.3 is 9.47 Å². The molecule has 2 aliphatic rings. The standard InChI is InChI=1S/C28H25FN2O5/c1-3-36-19-15-13-18(14-16-19)31-25(32)22-23(26(31)33)28(27(34)35-2,17-9-5-4-6-10-17)30-24(22)20-11-7-8-12-21(20)29/h4-16,22-24,30H,3H2,1-2H3/t22-,23-,24-,28+/m0/s1. The summed E-state index contributed by atoms with van der Waals surface area (Å²) in [4.78, 5) is 42.5. The van der Waals surface area contributed by atoms with Crippen LogP contribution in [0.1, 0.15) is 24.1 Å². The van der Waals surface area contributed by atoms with E-state index in [0.717, 1.165) is 4.90 Å². The maximum atomic E-state index is 15.0. The zero-order chi connectivity index (χ0) is 25.4. The fourth-order valence-corrected chi connectivity index (χ4v) is 5.45. The summed E-state index contributed by atoms with van der Waals surface area (Å²) in [7, 11) is 1.23. The number of carbonyl (C=O) groups is 3. The molecule has 0 saturated carbocycles. The topological polar surface area (TPSA) is 84.9 Å². The van der Waals surface area contributed by atoms with E-state index in [2.05, 4.69) is 5.32 Å². The monoisotopic (exact) mass is 488 g/mol. The molecule has 4 atom stereocenters. The summed E-state index contributed by atoms with van der Waals surface area (Å²) < 4.78 is 25.7.